The summed E-state index contributed by atoms with van der Waals surface area (Å²) in [5.74, 6) is -0.391. The average Bonchev–Trinajstić information content (AvgIpc) is 3.00. The zero-order valence-electron chi connectivity index (χ0n) is 18.8. The molecule has 0 aromatic heterocycles. The lowest BCUT2D eigenvalue weighted by Gasteiger charge is -2.22. The van der Waals surface area contributed by atoms with Gasteiger partial charge in [0.05, 0.1) is 25.5 Å². The number of ether oxygens (including phenoxy) is 1. The van der Waals surface area contributed by atoms with Gasteiger partial charge in [0.15, 0.2) is 0 Å². The Bertz CT molecular complexity index is 929. The van der Waals surface area contributed by atoms with Crippen LogP contribution >= 0.6 is 0 Å². The van der Waals surface area contributed by atoms with Crippen LogP contribution in [0.5, 0.6) is 5.75 Å². The Kier molecular flexibility index (Phi) is 7.20. The number of amides is 2. The quantitative estimate of drug-likeness (QED) is 0.650. The average molecular weight is 463 g/mol. The first-order chi connectivity index (χ1) is 15.4. The van der Waals surface area contributed by atoms with Crippen LogP contribution in [0, 0.1) is 11.8 Å². The highest BCUT2D eigenvalue weighted by Gasteiger charge is 2.47. The van der Waals surface area contributed by atoms with Crippen molar-refractivity contribution in [3.63, 3.8) is 0 Å². The summed E-state index contributed by atoms with van der Waals surface area (Å²) >= 11 is 0. The number of methoxy groups -OCH3 is 1. The number of likely N-dealkylation sites (tertiary alicyclic amines) is 1. The molecule has 3 fully saturated rings. The van der Waals surface area contributed by atoms with E-state index in [2.05, 4.69) is 4.72 Å². The van der Waals surface area contributed by atoms with Gasteiger partial charge >= 0.3 is 0 Å². The predicted molar refractivity (Wildman–Crippen MR) is 120 cm³/mol. The van der Waals surface area contributed by atoms with E-state index >= 15 is 0 Å². The SMILES string of the molecule is COc1ccc(CN2C(=O)C3CCCCC3C2=O)cc1S(=O)(=O)NC1CCCCCCC1. The molecule has 176 valence electrons. The molecule has 2 saturated carbocycles. The van der Waals surface area contributed by atoms with Gasteiger partial charge in [-0.05, 0) is 43.4 Å². The smallest absolute Gasteiger partial charge is 0.244 e. The molecule has 2 amide bonds. The summed E-state index contributed by atoms with van der Waals surface area (Å²) in [7, 11) is -2.35. The van der Waals surface area contributed by atoms with Gasteiger partial charge in [-0.2, -0.15) is 0 Å². The van der Waals surface area contributed by atoms with Crippen LogP contribution < -0.4 is 9.46 Å². The number of sulfonamides is 1. The molecule has 2 aliphatic carbocycles. The summed E-state index contributed by atoms with van der Waals surface area (Å²) in [6.07, 6.45) is 10.7. The second-order valence-corrected chi connectivity index (χ2v) is 11.1. The third-order valence-electron chi connectivity index (χ3n) is 7.22. The number of carbonyl (C=O) groups is 2. The number of rotatable bonds is 6. The Hall–Kier alpha value is -1.93. The molecule has 7 nitrogen and oxygen atoms in total. The van der Waals surface area contributed by atoms with Crippen LogP contribution in [0.25, 0.3) is 0 Å². The molecule has 4 rings (SSSR count). The standard InChI is InChI=1S/C24H34N2O5S/c1-31-21-14-13-17(16-26-23(27)19-11-7-8-12-20(19)24(26)28)15-22(21)32(29,30)25-18-9-5-3-2-4-6-10-18/h13-15,18-20,25H,2-12,16H2,1H3. The number of hydrogen-bond acceptors (Lipinski definition) is 5. The number of carbonyl (C=O) groups excluding carboxylic acids is 2. The molecule has 1 heterocycles. The van der Waals surface area contributed by atoms with Crippen LogP contribution in [0.1, 0.15) is 76.2 Å². The molecule has 3 aliphatic rings. The summed E-state index contributed by atoms with van der Waals surface area (Å²) in [6, 6.07) is 4.81. The van der Waals surface area contributed by atoms with Gasteiger partial charge in [0.1, 0.15) is 10.6 Å². The van der Waals surface area contributed by atoms with Crippen LogP contribution in [-0.4, -0.2) is 38.3 Å². The van der Waals surface area contributed by atoms with Gasteiger partial charge in [0, 0.05) is 6.04 Å². The van der Waals surface area contributed by atoms with Gasteiger partial charge in [-0.1, -0.05) is 51.0 Å². The fourth-order valence-electron chi connectivity index (χ4n) is 5.46. The molecule has 2 atom stereocenters. The Morgan fingerprint density at radius 2 is 1.47 bits per heavy atom. The van der Waals surface area contributed by atoms with Gasteiger partial charge in [-0.25, -0.2) is 13.1 Å². The van der Waals surface area contributed by atoms with Crippen molar-refractivity contribution in [2.75, 3.05) is 7.11 Å². The van der Waals surface area contributed by atoms with Crippen LogP contribution in [0.4, 0.5) is 0 Å². The zero-order chi connectivity index (χ0) is 22.7. The number of fused-ring (bicyclic) bond motifs is 1. The monoisotopic (exact) mass is 462 g/mol. The highest BCUT2D eigenvalue weighted by Crippen LogP contribution is 2.39. The number of hydrogen-bond donors (Lipinski definition) is 1. The fraction of sp³-hybridized carbons (Fsp3) is 0.667. The third-order valence-corrected chi connectivity index (χ3v) is 8.76. The van der Waals surface area contributed by atoms with Gasteiger partial charge in [0.25, 0.3) is 0 Å². The van der Waals surface area contributed by atoms with Crippen molar-refractivity contribution in [1.82, 2.24) is 9.62 Å². The predicted octanol–water partition coefficient (Wildman–Crippen LogP) is 3.76. The lowest BCUT2D eigenvalue weighted by molar-refractivity contribution is -0.140. The first-order valence-corrected chi connectivity index (χ1v) is 13.4. The summed E-state index contributed by atoms with van der Waals surface area (Å²) in [4.78, 5) is 27.1. The highest BCUT2D eigenvalue weighted by molar-refractivity contribution is 7.89. The molecule has 0 spiro atoms. The minimum Gasteiger partial charge on any atom is -0.495 e. The molecule has 1 aromatic rings. The summed E-state index contributed by atoms with van der Waals surface area (Å²) < 4.78 is 34.7. The number of benzene rings is 1. The topological polar surface area (TPSA) is 92.8 Å². The van der Waals surface area contributed by atoms with Gasteiger partial charge in [-0.3, -0.25) is 14.5 Å². The maximum Gasteiger partial charge on any atom is 0.244 e. The largest absolute Gasteiger partial charge is 0.495 e. The maximum absolute atomic E-state index is 13.3. The molecule has 8 heteroatoms. The van der Waals surface area contributed by atoms with E-state index in [0.717, 1.165) is 64.2 Å². The zero-order valence-corrected chi connectivity index (χ0v) is 19.7. The number of nitrogens with one attached hydrogen (secondary N) is 1. The maximum atomic E-state index is 13.3. The van der Waals surface area contributed by atoms with E-state index in [1.807, 2.05) is 0 Å². The van der Waals surface area contributed by atoms with Crippen molar-refractivity contribution >= 4 is 21.8 Å². The molecule has 1 N–H and O–H groups in total. The van der Waals surface area contributed by atoms with Crippen molar-refractivity contribution in [2.45, 2.75) is 88.1 Å². The first kappa shape index (κ1) is 23.2. The summed E-state index contributed by atoms with van der Waals surface area (Å²) in [6.45, 7) is 0.0978. The molecule has 0 radical (unpaired) electrons. The van der Waals surface area contributed by atoms with Gasteiger partial charge in [-0.15, -0.1) is 0 Å². The van der Waals surface area contributed by atoms with Crippen LogP contribution in [-0.2, 0) is 26.2 Å². The van der Waals surface area contributed by atoms with Crippen LogP contribution in [0.2, 0.25) is 0 Å². The van der Waals surface area contributed by atoms with Crippen LogP contribution in [0.15, 0.2) is 23.1 Å². The van der Waals surface area contributed by atoms with Crippen LogP contribution in [0.3, 0.4) is 0 Å². The fourth-order valence-corrected chi connectivity index (χ4v) is 6.98. The summed E-state index contributed by atoms with van der Waals surface area (Å²) in [5.41, 5.74) is 0.615. The second kappa shape index (κ2) is 9.91. The molecular weight excluding hydrogens is 428 g/mol. The lowest BCUT2D eigenvalue weighted by atomic mass is 9.81. The van der Waals surface area contributed by atoms with Crippen molar-refractivity contribution in [2.24, 2.45) is 11.8 Å². The van der Waals surface area contributed by atoms with E-state index in [1.54, 1.807) is 18.2 Å². The minimum atomic E-state index is -3.80. The Labute approximate surface area is 190 Å². The number of nitrogens with zero attached hydrogens (tertiary/aromatic N) is 1. The normalized spacial score (nSPS) is 25.3. The van der Waals surface area contributed by atoms with Crippen molar-refractivity contribution in [3.05, 3.63) is 23.8 Å². The molecule has 2 unspecified atom stereocenters. The van der Waals surface area contributed by atoms with E-state index in [4.69, 9.17) is 4.74 Å². The molecule has 32 heavy (non-hydrogen) atoms. The van der Waals surface area contributed by atoms with Crippen molar-refractivity contribution in [3.8, 4) is 5.75 Å². The molecule has 1 saturated heterocycles. The highest BCUT2D eigenvalue weighted by atomic mass is 32.2. The molecule has 1 aliphatic heterocycles. The van der Waals surface area contributed by atoms with E-state index in [1.165, 1.54) is 18.4 Å². The van der Waals surface area contributed by atoms with Crippen molar-refractivity contribution < 1.29 is 22.7 Å². The van der Waals surface area contributed by atoms with Crippen molar-refractivity contribution in [1.29, 1.82) is 0 Å². The Morgan fingerprint density at radius 3 is 2.06 bits per heavy atom. The lowest BCUT2D eigenvalue weighted by Crippen LogP contribution is -2.35. The second-order valence-electron chi connectivity index (χ2n) is 9.41. The van der Waals surface area contributed by atoms with E-state index < -0.39 is 10.0 Å². The molecule has 1 aromatic carbocycles. The van der Waals surface area contributed by atoms with E-state index in [0.29, 0.717) is 5.56 Å². The first-order valence-electron chi connectivity index (χ1n) is 11.9. The molecular formula is C24H34N2O5S. The summed E-state index contributed by atoms with van der Waals surface area (Å²) in [5, 5.41) is 0. The van der Waals surface area contributed by atoms with Gasteiger partial charge in [0.2, 0.25) is 21.8 Å². The third kappa shape index (κ3) is 4.86. The molecule has 0 bridgehead atoms. The van der Waals surface area contributed by atoms with Gasteiger partial charge < -0.3 is 4.74 Å². The Morgan fingerprint density at radius 1 is 0.906 bits per heavy atom. The van der Waals surface area contributed by atoms with E-state index in [-0.39, 0.29) is 46.9 Å². The van der Waals surface area contributed by atoms with E-state index in [9.17, 15) is 18.0 Å². The Balaban J connectivity index is 1.54. The minimum absolute atomic E-state index is 0.0658. The number of imide groups is 1.